The molecule has 0 amide bonds. The molecule has 198 valence electrons. The Bertz CT molecular complexity index is 1620. The van der Waals surface area contributed by atoms with Gasteiger partial charge in [-0.25, -0.2) is 0 Å². The predicted molar refractivity (Wildman–Crippen MR) is 168 cm³/mol. The Labute approximate surface area is 246 Å². The molecule has 3 aliphatic heterocycles. The van der Waals surface area contributed by atoms with Gasteiger partial charge in [0, 0.05) is 22.1 Å². The summed E-state index contributed by atoms with van der Waals surface area (Å²) in [5.74, 6) is 0.324. The molecule has 3 aliphatic rings. The van der Waals surface area contributed by atoms with Gasteiger partial charge in [-0.2, -0.15) is 0 Å². The third-order valence-corrected chi connectivity index (χ3v) is 11.5. The number of para-hydroxylation sites is 1. The molecule has 4 aromatic rings. The number of fused-ring (bicyclic) bond motifs is 4. The van der Waals surface area contributed by atoms with Gasteiger partial charge in [0.2, 0.25) is 5.12 Å². The summed E-state index contributed by atoms with van der Waals surface area (Å²) in [5.41, 5.74) is 3.84. The van der Waals surface area contributed by atoms with E-state index in [0.717, 1.165) is 31.8 Å². The predicted octanol–water partition coefficient (Wildman–Crippen LogP) is 7.58. The SMILES string of the molecule is Cc1ccc([C@@H]2[C@@H](C(=O)c3ccccc3)N3c4ccccc4S[C@@H]3[C@]23N=C(SCc2ccccc2)SC3=O)cc1. The lowest BCUT2D eigenvalue weighted by Crippen LogP contribution is -2.45. The molecule has 0 radical (unpaired) electrons. The van der Waals surface area contributed by atoms with Gasteiger partial charge in [-0.3, -0.25) is 14.6 Å². The molecule has 4 atom stereocenters. The van der Waals surface area contributed by atoms with Gasteiger partial charge in [0.25, 0.3) is 0 Å². The second-order valence-corrected chi connectivity index (χ2v) is 13.6. The Hall–Kier alpha value is -3.26. The molecule has 0 aliphatic carbocycles. The number of Topliss-reactive ketones (excluding diaryl/α,β-unsaturated/α-hetero) is 1. The van der Waals surface area contributed by atoms with E-state index in [4.69, 9.17) is 4.99 Å². The summed E-state index contributed by atoms with van der Waals surface area (Å²) < 4.78 is 0.773. The molecule has 4 aromatic carbocycles. The van der Waals surface area contributed by atoms with Crippen molar-refractivity contribution in [1.29, 1.82) is 0 Å². The number of rotatable bonds is 5. The van der Waals surface area contributed by atoms with E-state index in [1.807, 2.05) is 60.7 Å². The van der Waals surface area contributed by atoms with Crippen LogP contribution in [0.15, 0.2) is 119 Å². The van der Waals surface area contributed by atoms with Gasteiger partial charge in [0.1, 0.15) is 15.8 Å². The minimum absolute atomic E-state index is 0.0174. The number of aliphatic imine (C=N–C) groups is 1. The number of benzene rings is 4. The third-order valence-electron chi connectivity index (χ3n) is 7.85. The van der Waals surface area contributed by atoms with Crippen LogP contribution in [-0.4, -0.2) is 32.2 Å². The van der Waals surface area contributed by atoms with Gasteiger partial charge in [0.05, 0.1) is 5.69 Å². The molecule has 40 heavy (non-hydrogen) atoms. The van der Waals surface area contributed by atoms with Crippen LogP contribution in [0.25, 0.3) is 0 Å². The largest absolute Gasteiger partial charge is 0.344 e. The number of carbonyl (C=O) groups is 2. The number of nitrogens with zero attached hydrogens (tertiary/aromatic N) is 2. The number of thioether (sulfide) groups is 3. The first-order valence-electron chi connectivity index (χ1n) is 13.2. The summed E-state index contributed by atoms with van der Waals surface area (Å²) in [6, 6.07) is 35.6. The van der Waals surface area contributed by atoms with Crippen LogP contribution >= 0.6 is 35.3 Å². The van der Waals surface area contributed by atoms with Crippen LogP contribution in [0, 0.1) is 6.92 Å². The first-order valence-corrected chi connectivity index (χ1v) is 15.9. The summed E-state index contributed by atoms with van der Waals surface area (Å²) in [7, 11) is 0. The van der Waals surface area contributed by atoms with Crippen LogP contribution in [0.5, 0.6) is 0 Å². The van der Waals surface area contributed by atoms with E-state index in [2.05, 4.69) is 60.4 Å². The topological polar surface area (TPSA) is 49.7 Å². The van der Waals surface area contributed by atoms with E-state index >= 15 is 0 Å². The fraction of sp³-hybridized carbons (Fsp3) is 0.182. The van der Waals surface area contributed by atoms with Crippen molar-refractivity contribution in [3.8, 4) is 0 Å². The molecule has 7 rings (SSSR count). The van der Waals surface area contributed by atoms with E-state index in [1.54, 1.807) is 23.5 Å². The highest BCUT2D eigenvalue weighted by Gasteiger charge is 2.70. The van der Waals surface area contributed by atoms with Gasteiger partial charge in [-0.15, -0.1) is 0 Å². The monoisotopic (exact) mass is 578 g/mol. The number of aryl methyl sites for hydroxylation is 1. The average molecular weight is 579 g/mol. The lowest BCUT2D eigenvalue weighted by atomic mass is 9.77. The maximum atomic E-state index is 14.5. The second kappa shape index (κ2) is 10.3. The quantitative estimate of drug-likeness (QED) is 0.228. The first-order chi connectivity index (χ1) is 19.6. The zero-order valence-corrected chi connectivity index (χ0v) is 24.2. The van der Waals surface area contributed by atoms with Gasteiger partial charge in [-0.1, -0.05) is 126 Å². The summed E-state index contributed by atoms with van der Waals surface area (Å²) in [6.45, 7) is 2.05. The molecule has 0 bridgehead atoms. The molecule has 7 heteroatoms. The van der Waals surface area contributed by atoms with Crippen LogP contribution in [-0.2, 0) is 10.5 Å². The van der Waals surface area contributed by atoms with Gasteiger partial charge < -0.3 is 4.90 Å². The maximum Gasteiger partial charge on any atom is 0.227 e. The summed E-state index contributed by atoms with van der Waals surface area (Å²) in [5, 5.41) is -0.295. The molecule has 0 saturated carbocycles. The number of anilines is 1. The molecule has 0 N–H and O–H groups in total. The Kier molecular flexibility index (Phi) is 6.61. The zero-order chi connectivity index (χ0) is 27.3. The number of hydrogen-bond acceptors (Lipinski definition) is 7. The highest BCUT2D eigenvalue weighted by atomic mass is 32.2. The summed E-state index contributed by atoms with van der Waals surface area (Å²) >= 11 is 4.51. The van der Waals surface area contributed by atoms with Crippen molar-refractivity contribution < 1.29 is 9.59 Å². The van der Waals surface area contributed by atoms with Gasteiger partial charge in [-0.05, 0) is 41.9 Å². The average Bonchev–Trinajstić information content (AvgIpc) is 3.62. The molecule has 3 heterocycles. The number of ketones is 1. The van der Waals surface area contributed by atoms with E-state index < -0.39 is 17.5 Å². The molecular weight excluding hydrogens is 553 g/mol. The van der Waals surface area contributed by atoms with Crippen LogP contribution in [0.4, 0.5) is 5.69 Å². The molecule has 0 unspecified atom stereocenters. The van der Waals surface area contributed by atoms with Crippen molar-refractivity contribution in [2.45, 2.75) is 40.4 Å². The number of hydrogen-bond donors (Lipinski definition) is 0. The lowest BCUT2D eigenvalue weighted by molar-refractivity contribution is -0.115. The minimum atomic E-state index is -1.10. The molecule has 1 spiro atoms. The Balaban J connectivity index is 1.40. The van der Waals surface area contributed by atoms with E-state index in [0.29, 0.717) is 5.56 Å². The molecule has 1 saturated heterocycles. The van der Waals surface area contributed by atoms with Crippen molar-refractivity contribution in [2.75, 3.05) is 4.90 Å². The fourth-order valence-corrected chi connectivity index (χ4v) is 9.75. The van der Waals surface area contributed by atoms with Gasteiger partial charge in [0.15, 0.2) is 11.3 Å². The fourth-order valence-electron chi connectivity index (χ4n) is 6.00. The number of carbonyl (C=O) groups excluding carboxylic acids is 2. The third kappa shape index (κ3) is 4.14. The van der Waals surface area contributed by atoms with E-state index in [-0.39, 0.29) is 16.3 Å². The van der Waals surface area contributed by atoms with Gasteiger partial charge >= 0.3 is 0 Å². The lowest BCUT2D eigenvalue weighted by Gasteiger charge is -2.30. The van der Waals surface area contributed by atoms with Crippen LogP contribution in [0.1, 0.15) is 33.0 Å². The van der Waals surface area contributed by atoms with E-state index in [1.165, 1.54) is 17.3 Å². The van der Waals surface area contributed by atoms with Crippen molar-refractivity contribution in [3.05, 3.63) is 131 Å². The van der Waals surface area contributed by atoms with Crippen LogP contribution in [0.2, 0.25) is 0 Å². The molecule has 4 nitrogen and oxygen atoms in total. The first kappa shape index (κ1) is 25.7. The highest BCUT2D eigenvalue weighted by molar-refractivity contribution is 8.45. The second-order valence-electron chi connectivity index (χ2n) is 10.3. The molecule has 1 fully saturated rings. The van der Waals surface area contributed by atoms with Crippen molar-refractivity contribution in [3.63, 3.8) is 0 Å². The molecule has 0 aromatic heterocycles. The maximum absolute atomic E-state index is 14.5. The van der Waals surface area contributed by atoms with Crippen molar-refractivity contribution >= 4 is 56.2 Å². The zero-order valence-electron chi connectivity index (χ0n) is 21.8. The van der Waals surface area contributed by atoms with E-state index in [9.17, 15) is 9.59 Å². The van der Waals surface area contributed by atoms with Crippen LogP contribution < -0.4 is 4.90 Å². The standard InChI is InChI=1S/C33H26N2O2S3/c1-21-16-18-23(19-17-21)27-28(29(36)24-12-6-3-7-13-24)35-25-14-8-9-15-26(25)39-30(35)33(27)31(37)40-32(34-33)38-20-22-10-4-2-5-11-22/h2-19,27-28,30H,20H2,1H3/t27-,28+,30-,33-/m1/s1. The highest BCUT2D eigenvalue weighted by Crippen LogP contribution is 2.63. The normalized spacial score (nSPS) is 24.7. The van der Waals surface area contributed by atoms with Crippen molar-refractivity contribution in [1.82, 2.24) is 0 Å². The van der Waals surface area contributed by atoms with Crippen molar-refractivity contribution in [2.24, 2.45) is 4.99 Å². The Morgan fingerprint density at radius 2 is 1.57 bits per heavy atom. The minimum Gasteiger partial charge on any atom is -0.344 e. The van der Waals surface area contributed by atoms with Crippen LogP contribution in [0.3, 0.4) is 0 Å². The Morgan fingerprint density at radius 1 is 0.900 bits per heavy atom. The molecular formula is C33H26N2O2S3. The Morgan fingerprint density at radius 3 is 2.33 bits per heavy atom. The summed E-state index contributed by atoms with van der Waals surface area (Å²) in [4.78, 5) is 37.4. The summed E-state index contributed by atoms with van der Waals surface area (Å²) in [6.07, 6.45) is 0. The smallest absolute Gasteiger partial charge is 0.227 e.